The number of rotatable bonds is 2. The molecule has 2 aliphatic rings. The molecule has 0 radical (unpaired) electrons. The second-order valence-corrected chi connectivity index (χ2v) is 4.25. The number of hydrogen-bond donors (Lipinski definition) is 0. The van der Waals surface area contributed by atoms with Crippen LogP contribution < -0.4 is 0 Å². The van der Waals surface area contributed by atoms with Gasteiger partial charge in [0.2, 0.25) is 0 Å². The Labute approximate surface area is 88.9 Å². The van der Waals surface area contributed by atoms with Gasteiger partial charge in [0.25, 0.3) is 0 Å². The van der Waals surface area contributed by atoms with Crippen LogP contribution in [0.15, 0.2) is 0 Å². The van der Waals surface area contributed by atoms with E-state index in [1.165, 1.54) is 0 Å². The van der Waals surface area contributed by atoms with Crippen LogP contribution in [0.2, 0.25) is 0 Å². The molecule has 0 bridgehead atoms. The van der Waals surface area contributed by atoms with Gasteiger partial charge < -0.3 is 9.47 Å². The van der Waals surface area contributed by atoms with Crippen LogP contribution in [0.1, 0.15) is 39.0 Å². The summed E-state index contributed by atoms with van der Waals surface area (Å²) < 4.78 is 10.3. The summed E-state index contributed by atoms with van der Waals surface area (Å²) in [6.45, 7) is 2.14. The highest BCUT2D eigenvalue weighted by atomic mass is 16.6. The summed E-state index contributed by atoms with van der Waals surface area (Å²) >= 11 is 0. The zero-order valence-electron chi connectivity index (χ0n) is 8.95. The lowest BCUT2D eigenvalue weighted by molar-refractivity contribution is -0.157. The molecule has 0 amide bonds. The highest BCUT2D eigenvalue weighted by Gasteiger charge is 2.54. The molecule has 1 aliphatic heterocycles. The van der Waals surface area contributed by atoms with Gasteiger partial charge in [-0.3, -0.25) is 9.59 Å². The molecule has 0 aromatic rings. The van der Waals surface area contributed by atoms with Crippen molar-refractivity contribution < 1.29 is 19.1 Å². The fourth-order valence-corrected chi connectivity index (χ4v) is 2.66. The number of carbonyl (C=O) groups excluding carboxylic acids is 2. The van der Waals surface area contributed by atoms with Gasteiger partial charge in [-0.25, -0.2) is 0 Å². The largest absolute Gasteiger partial charge is 0.466 e. The maximum Gasteiger partial charge on any atom is 0.313 e. The molecular formula is C11H16O4. The molecule has 4 nitrogen and oxygen atoms in total. The lowest BCUT2D eigenvalue weighted by atomic mass is 9.86. The normalized spacial score (nSPS) is 28.1. The quantitative estimate of drug-likeness (QED) is 0.650. The summed E-state index contributed by atoms with van der Waals surface area (Å²) in [6, 6.07) is 0. The first-order chi connectivity index (χ1) is 7.18. The zero-order chi connectivity index (χ0) is 10.9. The Morgan fingerprint density at radius 2 is 2.20 bits per heavy atom. The predicted molar refractivity (Wildman–Crippen MR) is 52.0 cm³/mol. The summed E-state index contributed by atoms with van der Waals surface area (Å²) in [5, 5.41) is 0. The van der Waals surface area contributed by atoms with Gasteiger partial charge in [0, 0.05) is 0 Å². The number of carbonyl (C=O) groups is 2. The van der Waals surface area contributed by atoms with Gasteiger partial charge in [-0.2, -0.15) is 0 Å². The van der Waals surface area contributed by atoms with Crippen molar-refractivity contribution in [2.24, 2.45) is 5.92 Å². The minimum atomic E-state index is -0.524. The molecule has 2 rings (SSSR count). The second kappa shape index (κ2) is 3.83. The van der Waals surface area contributed by atoms with Crippen LogP contribution in [0.4, 0.5) is 0 Å². The van der Waals surface area contributed by atoms with Gasteiger partial charge in [-0.1, -0.05) is 0 Å². The first-order valence-electron chi connectivity index (χ1n) is 5.56. The topological polar surface area (TPSA) is 52.6 Å². The number of ether oxygens (including phenoxy) is 2. The molecule has 1 atom stereocenters. The fraction of sp³-hybridized carbons (Fsp3) is 0.818. The molecule has 15 heavy (non-hydrogen) atoms. The van der Waals surface area contributed by atoms with E-state index in [9.17, 15) is 9.59 Å². The first kappa shape index (κ1) is 10.5. The van der Waals surface area contributed by atoms with Crippen LogP contribution in [0.25, 0.3) is 0 Å². The molecule has 84 valence electrons. The van der Waals surface area contributed by atoms with E-state index < -0.39 is 5.60 Å². The predicted octanol–water partition coefficient (Wildman–Crippen LogP) is 1.43. The van der Waals surface area contributed by atoms with Gasteiger partial charge in [-0.15, -0.1) is 0 Å². The van der Waals surface area contributed by atoms with Crippen LogP contribution >= 0.6 is 0 Å². The van der Waals surface area contributed by atoms with Crippen molar-refractivity contribution in [3.05, 3.63) is 0 Å². The highest BCUT2D eigenvalue weighted by molar-refractivity contribution is 5.84. The van der Waals surface area contributed by atoms with Crippen molar-refractivity contribution in [1.29, 1.82) is 0 Å². The van der Waals surface area contributed by atoms with Gasteiger partial charge in [0.05, 0.1) is 13.0 Å². The molecule has 1 aliphatic carbocycles. The molecule has 0 aromatic heterocycles. The third-order valence-electron chi connectivity index (χ3n) is 3.34. The van der Waals surface area contributed by atoms with Gasteiger partial charge >= 0.3 is 11.9 Å². The second-order valence-electron chi connectivity index (χ2n) is 4.25. The van der Waals surface area contributed by atoms with E-state index in [0.717, 1.165) is 25.7 Å². The van der Waals surface area contributed by atoms with Crippen LogP contribution in [-0.4, -0.2) is 24.1 Å². The van der Waals surface area contributed by atoms with E-state index >= 15 is 0 Å². The first-order valence-corrected chi connectivity index (χ1v) is 5.56. The average molecular weight is 212 g/mol. The van der Waals surface area contributed by atoms with Crippen molar-refractivity contribution in [3.63, 3.8) is 0 Å². The summed E-state index contributed by atoms with van der Waals surface area (Å²) in [5.41, 5.74) is -0.524. The zero-order valence-corrected chi connectivity index (χ0v) is 8.95. The minimum absolute atomic E-state index is 0.193. The lowest BCUT2D eigenvalue weighted by Crippen LogP contribution is -2.37. The maximum atomic E-state index is 11.7. The van der Waals surface area contributed by atoms with E-state index in [2.05, 4.69) is 0 Å². The number of hydrogen-bond acceptors (Lipinski definition) is 4. The smallest absolute Gasteiger partial charge is 0.313 e. The van der Waals surface area contributed by atoms with E-state index in [0.29, 0.717) is 6.61 Å². The standard InChI is InChI=1S/C11H16O4/c1-2-14-10(13)8-7-9(12)15-11(8)5-3-4-6-11/h8H,2-7H2,1H3. The molecule has 2 fully saturated rings. The maximum absolute atomic E-state index is 11.7. The molecule has 4 heteroatoms. The Balaban J connectivity index is 2.14. The summed E-state index contributed by atoms with van der Waals surface area (Å²) in [5.74, 6) is -0.896. The Kier molecular flexibility index (Phi) is 2.67. The average Bonchev–Trinajstić information content (AvgIpc) is 2.75. The summed E-state index contributed by atoms with van der Waals surface area (Å²) in [4.78, 5) is 23.0. The summed E-state index contributed by atoms with van der Waals surface area (Å²) in [7, 11) is 0. The lowest BCUT2D eigenvalue weighted by Gasteiger charge is -2.27. The van der Waals surface area contributed by atoms with Gasteiger partial charge in [0.15, 0.2) is 0 Å². The minimum Gasteiger partial charge on any atom is -0.466 e. The molecule has 1 saturated carbocycles. The van der Waals surface area contributed by atoms with E-state index in [1.54, 1.807) is 6.92 Å². The molecule has 0 aromatic carbocycles. The van der Waals surface area contributed by atoms with E-state index in [1.807, 2.05) is 0 Å². The van der Waals surface area contributed by atoms with Gasteiger partial charge in [-0.05, 0) is 32.6 Å². The molecular weight excluding hydrogens is 196 g/mol. The van der Waals surface area contributed by atoms with Crippen LogP contribution in [0.5, 0.6) is 0 Å². The highest BCUT2D eigenvalue weighted by Crippen LogP contribution is 2.45. The third kappa shape index (κ3) is 1.73. The SMILES string of the molecule is CCOC(=O)C1CC(=O)OC12CCCC2. The van der Waals surface area contributed by atoms with Crippen molar-refractivity contribution >= 4 is 11.9 Å². The van der Waals surface area contributed by atoms with Crippen LogP contribution in [-0.2, 0) is 19.1 Å². The van der Waals surface area contributed by atoms with Crippen molar-refractivity contribution in [2.75, 3.05) is 6.61 Å². The van der Waals surface area contributed by atoms with Gasteiger partial charge in [0.1, 0.15) is 11.5 Å². The van der Waals surface area contributed by atoms with Crippen LogP contribution in [0, 0.1) is 5.92 Å². The van der Waals surface area contributed by atoms with Crippen molar-refractivity contribution in [3.8, 4) is 0 Å². The van der Waals surface area contributed by atoms with Crippen molar-refractivity contribution in [1.82, 2.24) is 0 Å². The molecule has 0 N–H and O–H groups in total. The summed E-state index contributed by atoms with van der Waals surface area (Å²) in [6.07, 6.45) is 3.87. The Hall–Kier alpha value is -1.06. The fourth-order valence-electron chi connectivity index (χ4n) is 2.66. The molecule has 1 unspecified atom stereocenters. The monoisotopic (exact) mass is 212 g/mol. The third-order valence-corrected chi connectivity index (χ3v) is 3.34. The Morgan fingerprint density at radius 3 is 2.80 bits per heavy atom. The van der Waals surface area contributed by atoms with E-state index in [4.69, 9.17) is 9.47 Å². The Morgan fingerprint density at radius 1 is 1.53 bits per heavy atom. The van der Waals surface area contributed by atoms with E-state index in [-0.39, 0.29) is 24.3 Å². The Bertz CT molecular complexity index is 278. The molecule has 1 heterocycles. The van der Waals surface area contributed by atoms with Crippen molar-refractivity contribution in [2.45, 2.75) is 44.6 Å². The molecule has 1 spiro atoms. The number of esters is 2. The van der Waals surface area contributed by atoms with Crippen LogP contribution in [0.3, 0.4) is 0 Å². The molecule has 1 saturated heterocycles.